The Bertz CT molecular complexity index is 687. The average molecular weight is 262 g/mol. The molecule has 4 heteroatoms. The molecule has 2 aromatic rings. The lowest BCUT2D eigenvalue weighted by Gasteiger charge is -2.03. The third kappa shape index (κ3) is 3.40. The molecule has 0 saturated heterocycles. The van der Waals surface area contributed by atoms with E-state index in [1.807, 2.05) is 42.5 Å². The van der Waals surface area contributed by atoms with Crippen molar-refractivity contribution in [2.45, 2.75) is 6.42 Å². The molecular weight excluding hydrogens is 248 g/mol. The van der Waals surface area contributed by atoms with Crippen LogP contribution in [0.5, 0.6) is 0 Å². The van der Waals surface area contributed by atoms with Gasteiger partial charge in [0.2, 0.25) is 0 Å². The Labute approximate surface area is 106 Å². The number of ketones is 1. The number of carbonyl (C=O) groups is 1. The third-order valence-electron chi connectivity index (χ3n) is 2.64. The molecule has 0 N–H and O–H groups in total. The molecule has 0 aliphatic carbocycles. The van der Waals surface area contributed by atoms with Crippen LogP contribution in [0.4, 0.5) is 0 Å². The highest BCUT2D eigenvalue weighted by Crippen LogP contribution is 2.16. The summed E-state index contributed by atoms with van der Waals surface area (Å²) in [5.41, 5.74) is 0.849. The third-order valence-corrected chi connectivity index (χ3v) is 3.48. The van der Waals surface area contributed by atoms with Gasteiger partial charge in [-0.2, -0.15) is 0 Å². The molecule has 94 valence electrons. The number of hydrogen-bond donors (Lipinski definition) is 0. The molecule has 18 heavy (non-hydrogen) atoms. The van der Waals surface area contributed by atoms with E-state index in [2.05, 4.69) is 0 Å². The summed E-state index contributed by atoms with van der Waals surface area (Å²) in [4.78, 5) is 11.6. The number of sulfone groups is 1. The van der Waals surface area contributed by atoms with E-state index in [1.165, 1.54) is 0 Å². The van der Waals surface area contributed by atoms with Crippen LogP contribution in [-0.2, 0) is 21.1 Å². The zero-order chi connectivity index (χ0) is 13.2. The molecule has 0 aliphatic heterocycles. The highest BCUT2D eigenvalue weighted by Gasteiger charge is 2.11. The van der Waals surface area contributed by atoms with Crippen LogP contribution >= 0.6 is 0 Å². The SMILES string of the molecule is CS(=O)(=O)CC(=O)Cc1ccc2ccccc2c1. The standard InChI is InChI=1S/C14H14O3S/c1-18(16,17)10-14(15)9-11-6-7-12-4-2-3-5-13(12)8-11/h2-8H,9-10H2,1H3. The molecule has 2 aromatic carbocycles. The maximum atomic E-state index is 11.6. The summed E-state index contributed by atoms with van der Waals surface area (Å²) in [5, 5.41) is 2.17. The van der Waals surface area contributed by atoms with Gasteiger partial charge < -0.3 is 0 Å². The molecule has 0 aliphatic rings. The van der Waals surface area contributed by atoms with E-state index < -0.39 is 9.84 Å². The Balaban J connectivity index is 2.20. The fourth-order valence-corrected chi connectivity index (χ4v) is 2.61. The molecule has 0 atom stereocenters. The second-order valence-corrected chi connectivity index (χ2v) is 6.61. The van der Waals surface area contributed by atoms with Crippen LogP contribution in [0, 0.1) is 0 Å². The predicted molar refractivity (Wildman–Crippen MR) is 72.4 cm³/mol. The first-order valence-corrected chi connectivity index (χ1v) is 7.67. The normalized spacial score (nSPS) is 11.6. The predicted octanol–water partition coefficient (Wildman–Crippen LogP) is 2.00. The molecule has 0 bridgehead atoms. The molecule has 3 nitrogen and oxygen atoms in total. The van der Waals surface area contributed by atoms with Crippen LogP contribution in [0.25, 0.3) is 10.8 Å². The topological polar surface area (TPSA) is 51.2 Å². The fraction of sp³-hybridized carbons (Fsp3) is 0.214. The first kappa shape index (κ1) is 12.8. The minimum Gasteiger partial charge on any atom is -0.298 e. The van der Waals surface area contributed by atoms with Crippen molar-refractivity contribution in [3.8, 4) is 0 Å². The van der Waals surface area contributed by atoms with Crippen LogP contribution in [0.2, 0.25) is 0 Å². The number of carbonyl (C=O) groups excluding carboxylic acids is 1. The quantitative estimate of drug-likeness (QED) is 0.846. The van der Waals surface area contributed by atoms with Gasteiger partial charge in [-0.3, -0.25) is 4.79 Å². The lowest BCUT2D eigenvalue weighted by molar-refractivity contribution is -0.116. The average Bonchev–Trinajstić information content (AvgIpc) is 2.26. The summed E-state index contributed by atoms with van der Waals surface area (Å²) in [7, 11) is -3.24. The zero-order valence-corrected chi connectivity index (χ0v) is 10.9. The Kier molecular flexibility index (Phi) is 3.48. The van der Waals surface area contributed by atoms with Crippen molar-refractivity contribution in [2.75, 3.05) is 12.0 Å². The number of benzene rings is 2. The van der Waals surface area contributed by atoms with Gasteiger partial charge in [0.1, 0.15) is 5.75 Å². The van der Waals surface area contributed by atoms with E-state index >= 15 is 0 Å². The molecule has 2 rings (SSSR count). The number of rotatable bonds is 4. The summed E-state index contributed by atoms with van der Waals surface area (Å²) >= 11 is 0. The second kappa shape index (κ2) is 4.90. The van der Waals surface area contributed by atoms with E-state index in [0.717, 1.165) is 22.6 Å². The van der Waals surface area contributed by atoms with Gasteiger partial charge in [-0.15, -0.1) is 0 Å². The molecule has 0 aromatic heterocycles. The van der Waals surface area contributed by atoms with E-state index in [0.29, 0.717) is 0 Å². The van der Waals surface area contributed by atoms with Crippen molar-refractivity contribution < 1.29 is 13.2 Å². The first-order valence-electron chi connectivity index (χ1n) is 5.61. The minimum atomic E-state index is -3.24. The lowest BCUT2D eigenvalue weighted by Crippen LogP contribution is -2.16. The van der Waals surface area contributed by atoms with E-state index in [4.69, 9.17) is 0 Å². The maximum Gasteiger partial charge on any atom is 0.154 e. The van der Waals surface area contributed by atoms with Crippen LogP contribution in [-0.4, -0.2) is 26.2 Å². The van der Waals surface area contributed by atoms with E-state index in [-0.39, 0.29) is 18.0 Å². The van der Waals surface area contributed by atoms with Crippen molar-refractivity contribution in [1.29, 1.82) is 0 Å². The molecule has 0 heterocycles. The van der Waals surface area contributed by atoms with Crippen molar-refractivity contribution >= 4 is 26.4 Å². The zero-order valence-electron chi connectivity index (χ0n) is 10.1. The van der Waals surface area contributed by atoms with Gasteiger partial charge in [0, 0.05) is 12.7 Å². The Hall–Kier alpha value is -1.68. The number of hydrogen-bond acceptors (Lipinski definition) is 3. The van der Waals surface area contributed by atoms with Crippen LogP contribution in [0.15, 0.2) is 42.5 Å². The Morgan fingerprint density at radius 3 is 2.39 bits per heavy atom. The smallest absolute Gasteiger partial charge is 0.154 e. The van der Waals surface area contributed by atoms with E-state index in [9.17, 15) is 13.2 Å². The first-order chi connectivity index (χ1) is 8.44. The number of fused-ring (bicyclic) bond motifs is 1. The highest BCUT2D eigenvalue weighted by molar-refractivity contribution is 7.91. The highest BCUT2D eigenvalue weighted by atomic mass is 32.2. The van der Waals surface area contributed by atoms with E-state index in [1.54, 1.807) is 0 Å². The minimum absolute atomic E-state index is 0.165. The van der Waals surface area contributed by atoms with Gasteiger partial charge in [-0.05, 0) is 16.3 Å². The lowest BCUT2D eigenvalue weighted by atomic mass is 10.0. The molecule has 0 unspecified atom stereocenters. The van der Waals surface area contributed by atoms with Crippen molar-refractivity contribution in [2.24, 2.45) is 0 Å². The molecule has 0 radical (unpaired) electrons. The Morgan fingerprint density at radius 2 is 1.72 bits per heavy atom. The van der Waals surface area contributed by atoms with Gasteiger partial charge in [0.25, 0.3) is 0 Å². The Morgan fingerprint density at radius 1 is 1.06 bits per heavy atom. The summed E-state index contributed by atoms with van der Waals surface area (Å²) in [5.74, 6) is -0.660. The van der Waals surface area contributed by atoms with Crippen molar-refractivity contribution in [3.05, 3.63) is 48.0 Å². The second-order valence-electron chi connectivity index (χ2n) is 4.47. The maximum absolute atomic E-state index is 11.6. The summed E-state index contributed by atoms with van der Waals surface area (Å²) in [6.45, 7) is 0. The fourth-order valence-electron chi connectivity index (χ4n) is 1.92. The van der Waals surface area contributed by atoms with Crippen molar-refractivity contribution in [1.82, 2.24) is 0 Å². The summed E-state index contributed by atoms with van der Waals surface area (Å²) in [6, 6.07) is 13.6. The van der Waals surface area contributed by atoms with Gasteiger partial charge in [-0.25, -0.2) is 8.42 Å². The molecule has 0 amide bonds. The molecule has 0 saturated carbocycles. The molecule has 0 spiro atoms. The largest absolute Gasteiger partial charge is 0.298 e. The van der Waals surface area contributed by atoms with Gasteiger partial charge in [0.15, 0.2) is 15.6 Å². The molecule has 0 fully saturated rings. The van der Waals surface area contributed by atoms with Crippen LogP contribution in [0.3, 0.4) is 0 Å². The van der Waals surface area contributed by atoms with Crippen LogP contribution < -0.4 is 0 Å². The van der Waals surface area contributed by atoms with Crippen molar-refractivity contribution in [3.63, 3.8) is 0 Å². The van der Waals surface area contributed by atoms with Gasteiger partial charge in [0.05, 0.1) is 0 Å². The van der Waals surface area contributed by atoms with Gasteiger partial charge in [-0.1, -0.05) is 42.5 Å². The molecular formula is C14H14O3S. The van der Waals surface area contributed by atoms with Gasteiger partial charge >= 0.3 is 0 Å². The summed E-state index contributed by atoms with van der Waals surface area (Å²) < 4.78 is 22.0. The van der Waals surface area contributed by atoms with Crippen LogP contribution in [0.1, 0.15) is 5.56 Å². The number of Topliss-reactive ketones (excluding diaryl/α,β-unsaturated/α-hetero) is 1. The summed E-state index contributed by atoms with van der Waals surface area (Å²) in [6.07, 6.45) is 1.24. The monoisotopic (exact) mass is 262 g/mol.